The lowest BCUT2D eigenvalue weighted by Gasteiger charge is -2.21. The topological polar surface area (TPSA) is 231 Å². The van der Waals surface area contributed by atoms with Gasteiger partial charge in [-0.05, 0) is 161 Å². The van der Waals surface area contributed by atoms with Crippen molar-refractivity contribution in [3.05, 3.63) is 170 Å². The summed E-state index contributed by atoms with van der Waals surface area (Å²) in [7, 11) is -9.83. The predicted molar refractivity (Wildman–Crippen MR) is 509 cm³/mol. The van der Waals surface area contributed by atoms with Crippen molar-refractivity contribution in [3.8, 4) is 0 Å². The Labute approximate surface area is 739 Å². The van der Waals surface area contributed by atoms with Crippen molar-refractivity contribution in [2.24, 2.45) is 0 Å². The minimum atomic E-state index is -4.95. The molecule has 694 valence electrons. The Kier molecular flexibility index (Phi) is 90.1. The van der Waals surface area contributed by atoms with Crippen molar-refractivity contribution >= 4 is 33.6 Å². The van der Waals surface area contributed by atoms with E-state index in [1.165, 1.54) is 193 Å². The number of aliphatic hydroxyl groups is 2. The van der Waals surface area contributed by atoms with E-state index in [1.54, 1.807) is 0 Å². The van der Waals surface area contributed by atoms with Gasteiger partial charge in [0.05, 0.1) is 26.4 Å². The molecule has 0 aromatic rings. The molecule has 0 radical (unpaired) electrons. The van der Waals surface area contributed by atoms with Crippen LogP contribution in [0.3, 0.4) is 0 Å². The Morgan fingerprint density at radius 1 is 0.240 bits per heavy atom. The van der Waals surface area contributed by atoms with E-state index in [2.05, 4.69) is 191 Å². The number of rotatable bonds is 91. The Balaban J connectivity index is 4.57. The number of allylic oxidation sites excluding steroid dienone is 28. The number of hydrogen-bond acceptors (Lipinski definition) is 14. The van der Waals surface area contributed by atoms with Gasteiger partial charge in [-0.25, -0.2) is 9.13 Å². The maximum absolute atomic E-state index is 13.1. The van der Waals surface area contributed by atoms with E-state index in [9.17, 15) is 43.5 Å². The molecule has 0 fully saturated rings. The molecule has 121 heavy (non-hydrogen) atoms. The average molecular weight is 1730 g/mol. The zero-order valence-corrected chi connectivity index (χ0v) is 78.4. The summed E-state index contributed by atoms with van der Waals surface area (Å²) in [4.78, 5) is 59.1. The molecule has 0 amide bonds. The first kappa shape index (κ1) is 116. The quantitative estimate of drug-likeness (QED) is 0.0146. The zero-order valence-electron chi connectivity index (χ0n) is 76.6. The fourth-order valence-electron chi connectivity index (χ4n) is 13.1. The van der Waals surface area contributed by atoms with E-state index in [1.807, 2.05) is 0 Å². The molecule has 0 aromatic carbocycles. The molecule has 0 saturated heterocycles. The Bertz CT molecular complexity index is 2880. The number of phosphoric acid groups is 2. The third-order valence-electron chi connectivity index (χ3n) is 20.4. The summed E-state index contributed by atoms with van der Waals surface area (Å²) in [5.74, 6) is -1.60. The summed E-state index contributed by atoms with van der Waals surface area (Å²) in [5.41, 5.74) is 0. The smallest absolute Gasteiger partial charge is 0.463 e. The number of carbonyl (C=O) groups excluding carboxylic acids is 3. The van der Waals surface area contributed by atoms with Crippen LogP contribution in [0.4, 0.5) is 0 Å². The van der Waals surface area contributed by atoms with E-state index in [4.69, 9.17) is 32.3 Å². The van der Waals surface area contributed by atoms with Crippen molar-refractivity contribution < 1.29 is 75.8 Å². The van der Waals surface area contributed by atoms with Gasteiger partial charge in [-0.2, -0.15) is 0 Å². The van der Waals surface area contributed by atoms with E-state index in [-0.39, 0.29) is 19.3 Å². The highest BCUT2D eigenvalue weighted by Crippen LogP contribution is 2.45. The lowest BCUT2D eigenvalue weighted by Crippen LogP contribution is -2.30. The van der Waals surface area contributed by atoms with Crippen LogP contribution in [0.15, 0.2) is 170 Å². The molecule has 0 spiro atoms. The van der Waals surface area contributed by atoms with Gasteiger partial charge in [0.15, 0.2) is 6.10 Å². The Hall–Kier alpha value is -5.09. The van der Waals surface area contributed by atoms with E-state index < -0.39 is 91.5 Å². The molecule has 0 heterocycles. The molecule has 5 unspecified atom stereocenters. The molecule has 0 bridgehead atoms. The highest BCUT2D eigenvalue weighted by atomic mass is 31.2. The molecule has 18 heteroatoms. The summed E-state index contributed by atoms with van der Waals surface area (Å²) in [6.45, 7) is 2.53. The maximum Gasteiger partial charge on any atom is 0.472 e. The van der Waals surface area contributed by atoms with Crippen LogP contribution in [0.2, 0.25) is 0 Å². The van der Waals surface area contributed by atoms with Crippen LogP contribution in [-0.2, 0) is 55.8 Å². The minimum absolute atomic E-state index is 0.0694. The molecule has 4 N–H and O–H groups in total. The normalized spacial score (nSPS) is 14.5. The SMILES string of the molecule is CC/C=C\C/C=C\C/C=C\C/C=C\C/C=C\C/C=C\CCCCCCC(=O)OC(COC(=O)CCCCCCCCCCCCC/C=C\C/C=C\C/C=C\C/C=C\CCCCC)COP(=O)(O)OCC(O)COP(=O)(O)OCC(O)COC(=O)CCCCCCCCCCCCCCCCCCCCC/C=C\C/C=C\C/C=C\C/C=C\CCCCC. The lowest BCUT2D eigenvalue weighted by molar-refractivity contribution is -0.161. The van der Waals surface area contributed by atoms with Crippen LogP contribution >= 0.6 is 15.6 Å². The molecular weight excluding hydrogens is 1560 g/mol. The van der Waals surface area contributed by atoms with Crippen molar-refractivity contribution in [2.75, 3.05) is 39.6 Å². The molecule has 0 aromatic heterocycles. The van der Waals surface area contributed by atoms with Gasteiger partial charge in [0.1, 0.15) is 25.4 Å². The number of esters is 3. The van der Waals surface area contributed by atoms with Crippen molar-refractivity contribution in [1.82, 2.24) is 0 Å². The molecule has 0 rings (SSSR count). The van der Waals surface area contributed by atoms with Crippen LogP contribution in [-0.4, -0.2) is 95.9 Å². The maximum atomic E-state index is 13.1. The second kappa shape index (κ2) is 94.1. The Morgan fingerprint density at radius 3 is 0.694 bits per heavy atom. The molecule has 0 aliphatic rings. The van der Waals surface area contributed by atoms with E-state index in [0.717, 1.165) is 154 Å². The summed E-state index contributed by atoms with van der Waals surface area (Å²) >= 11 is 0. The predicted octanol–water partition coefficient (Wildman–Crippen LogP) is 30.2. The van der Waals surface area contributed by atoms with Gasteiger partial charge in [-0.1, -0.05) is 396 Å². The number of carbonyl (C=O) groups is 3. The number of phosphoric ester groups is 2. The molecular formula is C103H176O16P2. The largest absolute Gasteiger partial charge is 0.472 e. The Morgan fingerprint density at radius 2 is 0.438 bits per heavy atom. The highest BCUT2D eigenvalue weighted by Gasteiger charge is 2.30. The average Bonchev–Trinajstić information content (AvgIpc) is 0.898. The van der Waals surface area contributed by atoms with Gasteiger partial charge in [0.25, 0.3) is 0 Å². The van der Waals surface area contributed by atoms with E-state index >= 15 is 0 Å². The lowest BCUT2D eigenvalue weighted by atomic mass is 10.0. The van der Waals surface area contributed by atoms with Crippen LogP contribution < -0.4 is 0 Å². The van der Waals surface area contributed by atoms with Gasteiger partial charge in [0, 0.05) is 19.3 Å². The summed E-state index contributed by atoms with van der Waals surface area (Å²) in [5, 5.41) is 20.8. The minimum Gasteiger partial charge on any atom is -0.463 e. The first-order valence-electron chi connectivity index (χ1n) is 48.4. The van der Waals surface area contributed by atoms with Gasteiger partial charge in [-0.15, -0.1) is 0 Å². The second-order valence-corrected chi connectivity index (χ2v) is 35.0. The van der Waals surface area contributed by atoms with Crippen LogP contribution in [0.1, 0.15) is 406 Å². The van der Waals surface area contributed by atoms with Crippen molar-refractivity contribution in [2.45, 2.75) is 424 Å². The highest BCUT2D eigenvalue weighted by molar-refractivity contribution is 7.47. The van der Waals surface area contributed by atoms with Crippen LogP contribution in [0, 0.1) is 0 Å². The summed E-state index contributed by atoms with van der Waals surface area (Å²) in [6.07, 6.45) is 123. The summed E-state index contributed by atoms with van der Waals surface area (Å²) < 4.78 is 61.5. The number of ether oxygens (including phenoxy) is 3. The van der Waals surface area contributed by atoms with Crippen molar-refractivity contribution in [1.29, 1.82) is 0 Å². The second-order valence-electron chi connectivity index (χ2n) is 32.1. The molecule has 5 atom stereocenters. The molecule has 0 aliphatic carbocycles. The number of hydrogen-bond donors (Lipinski definition) is 4. The molecule has 0 saturated carbocycles. The first-order valence-corrected chi connectivity index (χ1v) is 51.4. The van der Waals surface area contributed by atoms with Crippen LogP contribution in [0.25, 0.3) is 0 Å². The number of unbranched alkanes of at least 4 members (excludes halogenated alkanes) is 40. The van der Waals surface area contributed by atoms with E-state index in [0.29, 0.717) is 19.3 Å². The fraction of sp³-hybridized carbons (Fsp3) is 0.699. The first-order chi connectivity index (χ1) is 59.2. The van der Waals surface area contributed by atoms with Gasteiger partial charge >= 0.3 is 33.6 Å². The van der Waals surface area contributed by atoms with Crippen LogP contribution in [0.5, 0.6) is 0 Å². The third kappa shape index (κ3) is 95.4. The summed E-state index contributed by atoms with van der Waals surface area (Å²) in [6, 6.07) is 0. The number of aliphatic hydroxyl groups excluding tert-OH is 2. The van der Waals surface area contributed by atoms with Gasteiger partial charge in [-0.3, -0.25) is 32.5 Å². The standard InChI is InChI=1S/C103H176O16P2/c1-4-7-10-13-16-19-22-25-28-31-34-37-40-42-44-45-46-47-48-49-50-51-53-55-57-59-62-65-68-71-74-77-80-83-86-89-101(106)113-92-98(104)93-115-120(109,110)116-94-99(105)95-117-121(111,112)118-97-100(119-103(108)91-88-85-82-79-76-73-70-67-64-61-56-39-36-33-30-27-24-21-18-15-12-9-6-3)96-114-102(107)90-87-84-81-78-75-72-69-66-63-60-58-54-52-43-41-38-35-32-29-26-23-20-17-14-11-8-5-2/h9,12,16-21,25-30,34-39,42-44,52,61,64,70,73,98-100,104-105H,4-8,10-11,13-15,22-24,31-33,40-41,45-51,53-60,62-63,65-69,71-72,74-97H2,1-3H3,(H,109,110)(H,111,112)/b12-9-,19-16-,20-17-,21-18-,28-25-,29-26-,30-27-,37-34-,38-35-,39-36-,44-42-,52-43-,64-61-,73-70-. The monoisotopic (exact) mass is 1730 g/mol. The third-order valence-corrected chi connectivity index (χ3v) is 22.3. The zero-order chi connectivity index (χ0) is 87.9. The van der Waals surface area contributed by atoms with Gasteiger partial charge in [0.2, 0.25) is 0 Å². The van der Waals surface area contributed by atoms with Gasteiger partial charge < -0.3 is 34.2 Å². The molecule has 16 nitrogen and oxygen atoms in total. The van der Waals surface area contributed by atoms with Crippen molar-refractivity contribution in [3.63, 3.8) is 0 Å². The molecule has 0 aliphatic heterocycles. The fourth-order valence-corrected chi connectivity index (χ4v) is 14.7.